The number of nitrogens with one attached hydrogen (secondary N) is 1. The summed E-state index contributed by atoms with van der Waals surface area (Å²) >= 11 is 0. The van der Waals surface area contributed by atoms with Crippen LogP contribution < -0.4 is 5.32 Å². The number of nitrogens with zero attached hydrogens (tertiary/aromatic N) is 3. The van der Waals surface area contributed by atoms with E-state index in [0.717, 1.165) is 38.1 Å². The van der Waals surface area contributed by atoms with Gasteiger partial charge in [0.15, 0.2) is 5.96 Å². The van der Waals surface area contributed by atoms with Gasteiger partial charge in [0, 0.05) is 39.3 Å². The van der Waals surface area contributed by atoms with Crippen molar-refractivity contribution in [3.05, 3.63) is 0 Å². The van der Waals surface area contributed by atoms with Crippen LogP contribution in [0.2, 0.25) is 0 Å². The van der Waals surface area contributed by atoms with Gasteiger partial charge in [0.1, 0.15) is 0 Å². The van der Waals surface area contributed by atoms with Crippen LogP contribution in [0.4, 0.5) is 0 Å². The maximum atomic E-state index is 4.42. The Morgan fingerprint density at radius 1 is 1.50 bits per heavy atom. The van der Waals surface area contributed by atoms with Crippen LogP contribution in [-0.4, -0.2) is 62.1 Å². The van der Waals surface area contributed by atoms with Crippen LogP contribution in [0.5, 0.6) is 0 Å². The monoisotopic (exact) mass is 396 g/mol. The van der Waals surface area contributed by atoms with Crippen molar-refractivity contribution in [2.24, 2.45) is 10.9 Å². The maximum absolute atomic E-state index is 4.42. The molecule has 2 atom stereocenters. The molecular weight excluding hydrogens is 363 g/mol. The van der Waals surface area contributed by atoms with Gasteiger partial charge in [-0.25, -0.2) is 0 Å². The van der Waals surface area contributed by atoms with Crippen molar-refractivity contribution < 1.29 is 0 Å². The summed E-state index contributed by atoms with van der Waals surface area (Å²) in [6.45, 7) is 11.2. The molecular formula is C15H33IN4. The van der Waals surface area contributed by atoms with Crippen LogP contribution in [0, 0.1) is 5.92 Å². The van der Waals surface area contributed by atoms with Crippen molar-refractivity contribution in [1.82, 2.24) is 15.1 Å². The molecule has 1 aliphatic rings. The summed E-state index contributed by atoms with van der Waals surface area (Å²) in [5, 5.41) is 3.50. The Hall–Kier alpha value is -0.0400. The van der Waals surface area contributed by atoms with Gasteiger partial charge in [-0.05, 0) is 39.2 Å². The second-order valence-corrected chi connectivity index (χ2v) is 5.91. The van der Waals surface area contributed by atoms with E-state index in [2.05, 4.69) is 47.9 Å². The van der Waals surface area contributed by atoms with Gasteiger partial charge in [-0.2, -0.15) is 0 Å². The molecule has 0 aromatic heterocycles. The molecule has 0 aliphatic carbocycles. The third-order valence-corrected chi connectivity index (χ3v) is 4.26. The first-order valence-corrected chi connectivity index (χ1v) is 7.74. The van der Waals surface area contributed by atoms with Crippen LogP contribution in [0.3, 0.4) is 0 Å². The van der Waals surface area contributed by atoms with Crippen molar-refractivity contribution in [2.75, 3.05) is 40.3 Å². The molecule has 2 unspecified atom stereocenters. The normalized spacial score (nSPS) is 21.6. The topological polar surface area (TPSA) is 30.9 Å². The van der Waals surface area contributed by atoms with Crippen LogP contribution in [0.25, 0.3) is 0 Å². The van der Waals surface area contributed by atoms with Crippen molar-refractivity contribution in [2.45, 2.75) is 46.1 Å². The minimum atomic E-state index is 0. The third-order valence-electron chi connectivity index (χ3n) is 4.26. The number of likely N-dealkylation sites (tertiary alicyclic amines) is 1. The Kier molecular flexibility index (Phi) is 10.6. The van der Waals surface area contributed by atoms with Crippen LogP contribution in [0.1, 0.15) is 40.0 Å². The number of likely N-dealkylation sites (N-methyl/N-ethyl adjacent to an activating group) is 1. The first-order valence-electron chi connectivity index (χ1n) is 7.74. The van der Waals surface area contributed by atoms with Gasteiger partial charge in [-0.15, -0.1) is 24.0 Å². The molecule has 120 valence electrons. The van der Waals surface area contributed by atoms with Crippen LogP contribution >= 0.6 is 24.0 Å². The van der Waals surface area contributed by atoms with E-state index in [1.165, 1.54) is 19.3 Å². The Morgan fingerprint density at radius 2 is 2.20 bits per heavy atom. The van der Waals surface area contributed by atoms with E-state index in [4.69, 9.17) is 0 Å². The summed E-state index contributed by atoms with van der Waals surface area (Å²) in [6.07, 6.45) is 3.84. The number of aliphatic imine (C=N–C) groups is 1. The molecule has 0 aromatic carbocycles. The minimum Gasteiger partial charge on any atom is -0.355 e. The average molecular weight is 396 g/mol. The number of guanidine groups is 1. The predicted octanol–water partition coefficient (Wildman–Crippen LogP) is 2.64. The van der Waals surface area contributed by atoms with Crippen LogP contribution in [0.15, 0.2) is 4.99 Å². The zero-order valence-electron chi connectivity index (χ0n) is 13.9. The Bertz CT molecular complexity index is 283. The molecule has 1 rings (SSSR count). The molecule has 0 amide bonds. The molecule has 0 bridgehead atoms. The first kappa shape index (κ1) is 20.0. The zero-order chi connectivity index (χ0) is 14.3. The molecule has 0 spiro atoms. The van der Waals surface area contributed by atoms with Gasteiger partial charge >= 0.3 is 0 Å². The Labute approximate surface area is 142 Å². The second-order valence-electron chi connectivity index (χ2n) is 5.91. The molecule has 1 fully saturated rings. The number of piperidine rings is 1. The summed E-state index contributed by atoms with van der Waals surface area (Å²) in [7, 11) is 4.08. The van der Waals surface area contributed by atoms with Gasteiger partial charge < -0.3 is 15.1 Å². The molecule has 1 heterocycles. The molecule has 20 heavy (non-hydrogen) atoms. The van der Waals surface area contributed by atoms with E-state index in [1.54, 1.807) is 0 Å². The largest absolute Gasteiger partial charge is 0.355 e. The smallest absolute Gasteiger partial charge is 0.193 e. The highest BCUT2D eigenvalue weighted by Gasteiger charge is 2.19. The van der Waals surface area contributed by atoms with Crippen molar-refractivity contribution in [3.8, 4) is 0 Å². The van der Waals surface area contributed by atoms with Crippen LogP contribution in [-0.2, 0) is 0 Å². The molecule has 0 radical (unpaired) electrons. The van der Waals surface area contributed by atoms with Gasteiger partial charge in [-0.3, -0.25) is 4.99 Å². The van der Waals surface area contributed by atoms with Gasteiger partial charge in [0.2, 0.25) is 0 Å². The fourth-order valence-electron chi connectivity index (χ4n) is 2.59. The lowest BCUT2D eigenvalue weighted by atomic mass is 10.0. The summed E-state index contributed by atoms with van der Waals surface area (Å²) in [6, 6.07) is 0.652. The predicted molar refractivity (Wildman–Crippen MR) is 99.1 cm³/mol. The number of hydrogen-bond acceptors (Lipinski definition) is 2. The first-order chi connectivity index (χ1) is 9.08. The fourth-order valence-corrected chi connectivity index (χ4v) is 2.59. The summed E-state index contributed by atoms with van der Waals surface area (Å²) < 4.78 is 0. The number of halogens is 1. The highest BCUT2D eigenvalue weighted by molar-refractivity contribution is 14.0. The summed E-state index contributed by atoms with van der Waals surface area (Å²) in [5.41, 5.74) is 0. The molecule has 1 N–H and O–H groups in total. The highest BCUT2D eigenvalue weighted by atomic mass is 127. The van der Waals surface area contributed by atoms with E-state index in [1.807, 2.05) is 7.05 Å². The highest BCUT2D eigenvalue weighted by Crippen LogP contribution is 2.15. The molecule has 4 nitrogen and oxygen atoms in total. The maximum Gasteiger partial charge on any atom is 0.193 e. The fraction of sp³-hybridized carbons (Fsp3) is 0.933. The SMILES string of the molecule is CCC(C)N(C)CCNC(=NC)N1CCCC(C)C1.I. The van der Waals surface area contributed by atoms with Crippen molar-refractivity contribution >= 4 is 29.9 Å². The number of hydrogen-bond donors (Lipinski definition) is 1. The summed E-state index contributed by atoms with van der Waals surface area (Å²) in [4.78, 5) is 9.22. The molecule has 0 aromatic rings. The lowest BCUT2D eigenvalue weighted by Gasteiger charge is -2.34. The molecule has 1 aliphatic heterocycles. The molecule has 1 saturated heterocycles. The summed E-state index contributed by atoms with van der Waals surface area (Å²) in [5.74, 6) is 1.86. The molecule has 0 saturated carbocycles. The lowest BCUT2D eigenvalue weighted by molar-refractivity contribution is 0.247. The van der Waals surface area contributed by atoms with Crippen molar-refractivity contribution in [1.29, 1.82) is 0 Å². The second kappa shape index (κ2) is 10.7. The third kappa shape index (κ3) is 6.61. The van der Waals surface area contributed by atoms with E-state index < -0.39 is 0 Å². The van der Waals surface area contributed by atoms with Gasteiger partial charge in [0.05, 0.1) is 0 Å². The Balaban J connectivity index is 0.00000361. The van der Waals surface area contributed by atoms with E-state index in [-0.39, 0.29) is 24.0 Å². The zero-order valence-corrected chi connectivity index (χ0v) is 16.2. The lowest BCUT2D eigenvalue weighted by Crippen LogP contribution is -2.48. The van der Waals surface area contributed by atoms with Gasteiger partial charge in [0.25, 0.3) is 0 Å². The average Bonchev–Trinajstić information content (AvgIpc) is 2.42. The Morgan fingerprint density at radius 3 is 2.75 bits per heavy atom. The quantitative estimate of drug-likeness (QED) is 0.441. The molecule has 5 heteroatoms. The van der Waals surface area contributed by atoms with E-state index in [9.17, 15) is 0 Å². The van der Waals surface area contributed by atoms with E-state index in [0.29, 0.717) is 6.04 Å². The van der Waals surface area contributed by atoms with E-state index >= 15 is 0 Å². The minimum absolute atomic E-state index is 0. The number of rotatable bonds is 5. The van der Waals surface area contributed by atoms with Crippen molar-refractivity contribution in [3.63, 3.8) is 0 Å². The standard InChI is InChI=1S/C15H32N4.HI/c1-6-14(3)18(5)11-9-17-15(16-4)19-10-7-8-13(2)12-19;/h13-14H,6-12H2,1-5H3,(H,16,17);1H. The van der Waals surface area contributed by atoms with Gasteiger partial charge in [-0.1, -0.05) is 13.8 Å².